The zero-order valence-electron chi connectivity index (χ0n) is 7.52. The minimum Gasteiger partial charge on any atom is -0.396 e. The summed E-state index contributed by atoms with van der Waals surface area (Å²) in [4.78, 5) is 8.20. The van der Waals surface area contributed by atoms with Crippen LogP contribution in [0.4, 0.5) is 0 Å². The van der Waals surface area contributed by atoms with Crippen LogP contribution in [0.3, 0.4) is 0 Å². The molecule has 1 aromatic heterocycles. The molecule has 1 N–H and O–H groups in total. The molecule has 0 saturated carbocycles. The van der Waals surface area contributed by atoms with E-state index in [2.05, 4.69) is 9.97 Å². The zero-order chi connectivity index (χ0) is 9.36. The van der Waals surface area contributed by atoms with Crippen molar-refractivity contribution in [2.24, 2.45) is 0 Å². The van der Waals surface area contributed by atoms with Gasteiger partial charge in [-0.1, -0.05) is 18.2 Å². The molecule has 0 atom stereocenters. The summed E-state index contributed by atoms with van der Waals surface area (Å²) < 4.78 is 0. The van der Waals surface area contributed by atoms with Crippen LogP contribution in [0.5, 0.6) is 0 Å². The highest BCUT2D eigenvalue weighted by Gasteiger charge is 1.94. The Hall–Kier alpha value is -0.610. The molecule has 1 rings (SSSR count). The molecule has 3 nitrogen and oxygen atoms in total. The van der Waals surface area contributed by atoms with E-state index in [1.165, 1.54) is 0 Å². The number of aliphatic hydroxyl groups excluding tert-OH is 1. The predicted octanol–water partition coefficient (Wildman–Crippen LogP) is 1.73. The molecule has 0 aromatic carbocycles. The van der Waals surface area contributed by atoms with Crippen molar-refractivity contribution in [3.8, 4) is 0 Å². The van der Waals surface area contributed by atoms with Crippen LogP contribution < -0.4 is 0 Å². The van der Waals surface area contributed by atoms with Crippen LogP contribution >= 0.6 is 11.8 Å². The molecule has 0 fully saturated rings. The van der Waals surface area contributed by atoms with Crippen LogP contribution in [0.25, 0.3) is 0 Å². The summed E-state index contributed by atoms with van der Waals surface area (Å²) >= 11 is 1.67. The van der Waals surface area contributed by atoms with Crippen LogP contribution in [-0.4, -0.2) is 27.4 Å². The van der Waals surface area contributed by atoms with Gasteiger partial charge in [-0.25, -0.2) is 9.97 Å². The van der Waals surface area contributed by atoms with Crippen molar-refractivity contribution >= 4 is 11.8 Å². The van der Waals surface area contributed by atoms with E-state index >= 15 is 0 Å². The van der Waals surface area contributed by atoms with E-state index in [-0.39, 0.29) is 0 Å². The number of hydrogen-bond acceptors (Lipinski definition) is 4. The first kappa shape index (κ1) is 10.5. The Labute approximate surface area is 82.6 Å². The Morgan fingerprint density at radius 2 is 1.92 bits per heavy atom. The van der Waals surface area contributed by atoms with Gasteiger partial charge in [0.1, 0.15) is 0 Å². The fourth-order valence-corrected chi connectivity index (χ4v) is 1.72. The smallest absolute Gasteiger partial charge is 0.187 e. The molecule has 4 heteroatoms. The molecular formula is C9H14N2OS. The van der Waals surface area contributed by atoms with E-state index in [1.54, 1.807) is 24.2 Å². The highest BCUT2D eigenvalue weighted by atomic mass is 32.2. The lowest BCUT2D eigenvalue weighted by atomic mass is 10.3. The monoisotopic (exact) mass is 198 g/mol. The molecular weight excluding hydrogens is 184 g/mol. The third kappa shape index (κ3) is 4.85. The quantitative estimate of drug-likeness (QED) is 0.429. The number of aromatic nitrogens is 2. The molecule has 0 amide bonds. The molecule has 0 saturated heterocycles. The average molecular weight is 198 g/mol. The van der Waals surface area contributed by atoms with Crippen LogP contribution in [0.2, 0.25) is 0 Å². The maximum Gasteiger partial charge on any atom is 0.187 e. The minimum absolute atomic E-state index is 0.298. The normalized spacial score (nSPS) is 10.2. The van der Waals surface area contributed by atoms with Crippen LogP contribution in [0, 0.1) is 0 Å². The van der Waals surface area contributed by atoms with Gasteiger partial charge in [0.2, 0.25) is 0 Å². The first-order valence-corrected chi connectivity index (χ1v) is 5.42. The summed E-state index contributed by atoms with van der Waals surface area (Å²) in [7, 11) is 0. The third-order valence-electron chi connectivity index (χ3n) is 1.58. The number of nitrogens with zero attached hydrogens (tertiary/aromatic N) is 2. The van der Waals surface area contributed by atoms with E-state index in [0.717, 1.165) is 30.2 Å². The number of unbranched alkanes of at least 4 members (excludes halogenated alkanes) is 2. The van der Waals surface area contributed by atoms with Gasteiger partial charge in [0.05, 0.1) is 0 Å². The summed E-state index contributed by atoms with van der Waals surface area (Å²) in [5, 5.41) is 9.39. The largest absolute Gasteiger partial charge is 0.396 e. The molecule has 0 aliphatic heterocycles. The summed E-state index contributed by atoms with van der Waals surface area (Å²) in [5.41, 5.74) is 0. The van der Waals surface area contributed by atoms with Crippen LogP contribution in [0.1, 0.15) is 19.3 Å². The first-order valence-electron chi connectivity index (χ1n) is 4.44. The van der Waals surface area contributed by atoms with E-state index < -0.39 is 0 Å². The van der Waals surface area contributed by atoms with Crippen molar-refractivity contribution < 1.29 is 5.11 Å². The summed E-state index contributed by atoms with van der Waals surface area (Å²) in [5.74, 6) is 1.03. The second kappa shape index (κ2) is 6.86. The van der Waals surface area contributed by atoms with Gasteiger partial charge in [-0.15, -0.1) is 0 Å². The fourth-order valence-electron chi connectivity index (χ4n) is 0.914. The van der Waals surface area contributed by atoms with Crippen molar-refractivity contribution in [2.45, 2.75) is 24.4 Å². The fraction of sp³-hybridized carbons (Fsp3) is 0.556. The van der Waals surface area contributed by atoms with Crippen molar-refractivity contribution in [2.75, 3.05) is 12.4 Å². The second-order valence-corrected chi connectivity index (χ2v) is 3.73. The van der Waals surface area contributed by atoms with Crippen molar-refractivity contribution in [1.82, 2.24) is 9.97 Å². The van der Waals surface area contributed by atoms with Crippen molar-refractivity contribution in [3.63, 3.8) is 0 Å². The molecule has 0 aliphatic rings. The van der Waals surface area contributed by atoms with Gasteiger partial charge in [0.25, 0.3) is 0 Å². The molecule has 1 heterocycles. The molecule has 0 bridgehead atoms. The van der Waals surface area contributed by atoms with E-state index in [4.69, 9.17) is 5.11 Å². The van der Waals surface area contributed by atoms with E-state index in [9.17, 15) is 0 Å². The van der Waals surface area contributed by atoms with Crippen LogP contribution in [0.15, 0.2) is 23.6 Å². The Bertz CT molecular complexity index is 218. The lowest BCUT2D eigenvalue weighted by molar-refractivity contribution is 0.284. The minimum atomic E-state index is 0.298. The molecule has 72 valence electrons. The van der Waals surface area contributed by atoms with Crippen molar-refractivity contribution in [1.29, 1.82) is 0 Å². The zero-order valence-corrected chi connectivity index (χ0v) is 8.33. The van der Waals surface area contributed by atoms with E-state index in [0.29, 0.717) is 6.61 Å². The molecule has 1 aromatic rings. The van der Waals surface area contributed by atoms with Crippen LogP contribution in [-0.2, 0) is 0 Å². The highest BCUT2D eigenvalue weighted by Crippen LogP contribution is 2.13. The molecule has 0 unspecified atom stereocenters. The SMILES string of the molecule is OCCCCCSc1ncccn1. The van der Waals surface area contributed by atoms with Gasteiger partial charge in [-0.05, 0) is 18.9 Å². The summed E-state index contributed by atoms with van der Waals surface area (Å²) in [6.45, 7) is 0.298. The summed E-state index contributed by atoms with van der Waals surface area (Å²) in [6.07, 6.45) is 6.60. The molecule has 0 aliphatic carbocycles. The van der Waals surface area contributed by atoms with Gasteiger partial charge in [-0.2, -0.15) is 0 Å². The Morgan fingerprint density at radius 1 is 1.15 bits per heavy atom. The number of rotatable bonds is 6. The Morgan fingerprint density at radius 3 is 2.62 bits per heavy atom. The lowest BCUT2D eigenvalue weighted by Gasteiger charge is -1.98. The predicted molar refractivity (Wildman–Crippen MR) is 53.7 cm³/mol. The maximum absolute atomic E-state index is 8.55. The molecule has 0 radical (unpaired) electrons. The second-order valence-electron chi connectivity index (χ2n) is 2.66. The van der Waals surface area contributed by atoms with Crippen molar-refractivity contribution in [3.05, 3.63) is 18.5 Å². The first-order chi connectivity index (χ1) is 6.43. The van der Waals surface area contributed by atoms with Gasteiger partial charge in [0, 0.05) is 24.8 Å². The Balaban J connectivity index is 2.07. The average Bonchev–Trinajstić information content (AvgIpc) is 2.19. The number of aliphatic hydroxyl groups is 1. The van der Waals surface area contributed by atoms with E-state index in [1.807, 2.05) is 6.07 Å². The number of thioether (sulfide) groups is 1. The number of hydrogen-bond donors (Lipinski definition) is 1. The Kier molecular flexibility index (Phi) is 5.52. The highest BCUT2D eigenvalue weighted by molar-refractivity contribution is 7.99. The van der Waals surface area contributed by atoms with Gasteiger partial charge >= 0.3 is 0 Å². The topological polar surface area (TPSA) is 46.0 Å². The molecule has 0 spiro atoms. The standard InChI is InChI=1S/C9H14N2OS/c12-7-2-1-3-8-13-9-10-5-4-6-11-9/h4-6,12H,1-3,7-8H2. The molecule has 13 heavy (non-hydrogen) atoms. The van der Waals surface area contributed by atoms with Gasteiger partial charge in [-0.3, -0.25) is 0 Å². The maximum atomic E-state index is 8.55. The summed E-state index contributed by atoms with van der Waals surface area (Å²) in [6, 6.07) is 1.82. The lowest BCUT2D eigenvalue weighted by Crippen LogP contribution is -1.88. The third-order valence-corrected chi connectivity index (χ3v) is 2.54. The van der Waals surface area contributed by atoms with Gasteiger partial charge < -0.3 is 5.11 Å². The van der Waals surface area contributed by atoms with Gasteiger partial charge in [0.15, 0.2) is 5.16 Å².